The van der Waals surface area contributed by atoms with Gasteiger partial charge in [-0.2, -0.15) is 0 Å². The summed E-state index contributed by atoms with van der Waals surface area (Å²) in [5.74, 6) is 0.267. The zero-order valence-electron chi connectivity index (χ0n) is 14.1. The summed E-state index contributed by atoms with van der Waals surface area (Å²) in [7, 11) is 0. The van der Waals surface area contributed by atoms with Gasteiger partial charge in [0.1, 0.15) is 0 Å². The maximum Gasteiger partial charge on any atom is 0.250 e. The molecule has 0 bridgehead atoms. The molecule has 128 valence electrons. The molecule has 1 amide bonds. The van der Waals surface area contributed by atoms with Crippen LogP contribution in [-0.2, 0) is 0 Å². The highest BCUT2D eigenvalue weighted by molar-refractivity contribution is 5.96. The molecule has 0 atom stereocenters. The van der Waals surface area contributed by atoms with Crippen LogP contribution in [0.3, 0.4) is 0 Å². The fourth-order valence-electron chi connectivity index (χ4n) is 3.48. The molecule has 24 heavy (non-hydrogen) atoms. The predicted octanol–water partition coefficient (Wildman–Crippen LogP) is 3.02. The topological polar surface area (TPSA) is 96.9 Å². The van der Waals surface area contributed by atoms with Crippen LogP contribution in [0.25, 0.3) is 11.3 Å². The minimum absolute atomic E-state index is 0.377. The molecule has 0 aliphatic heterocycles. The molecule has 6 N–H and O–H groups in total. The summed E-state index contributed by atoms with van der Waals surface area (Å²) >= 11 is 0. The molecule has 1 aromatic heterocycles. The van der Waals surface area contributed by atoms with E-state index in [1.165, 1.54) is 12.8 Å². The molecule has 0 saturated heterocycles. The van der Waals surface area contributed by atoms with Gasteiger partial charge in [0.2, 0.25) is 0 Å². The van der Waals surface area contributed by atoms with Crippen LogP contribution in [0.4, 0.5) is 5.69 Å². The number of aromatic amines is 1. The summed E-state index contributed by atoms with van der Waals surface area (Å²) in [6, 6.07) is 10.4. The lowest BCUT2D eigenvalue weighted by Gasteiger charge is -2.26. The second-order valence-electron chi connectivity index (χ2n) is 6.79. The van der Waals surface area contributed by atoms with Crippen molar-refractivity contribution in [2.45, 2.75) is 38.6 Å². The molecule has 1 aromatic carbocycles. The van der Waals surface area contributed by atoms with Gasteiger partial charge in [0, 0.05) is 35.2 Å². The standard InChI is InChI=1S/C19H26N4O/c1-12-16(19(21)24)10-18(23-12)15-4-2-3-5-17(15)22-11-13-6-8-14(20)9-7-13/h2-5,10,13-14,22-23H,6-9,11,20H2,1H3,(H2,21,24). The monoisotopic (exact) mass is 326 g/mol. The van der Waals surface area contributed by atoms with Gasteiger partial charge in [-0.1, -0.05) is 18.2 Å². The van der Waals surface area contributed by atoms with E-state index in [0.717, 1.165) is 42.0 Å². The average Bonchev–Trinajstić information content (AvgIpc) is 2.96. The molecule has 0 spiro atoms. The van der Waals surface area contributed by atoms with Crippen molar-refractivity contribution in [3.05, 3.63) is 41.6 Å². The molecule has 1 aliphatic rings. The molecule has 2 aromatic rings. The van der Waals surface area contributed by atoms with Crippen molar-refractivity contribution in [2.75, 3.05) is 11.9 Å². The Morgan fingerprint density at radius 2 is 1.96 bits per heavy atom. The van der Waals surface area contributed by atoms with Crippen molar-refractivity contribution in [2.24, 2.45) is 17.4 Å². The molecule has 1 saturated carbocycles. The molecule has 3 rings (SSSR count). The van der Waals surface area contributed by atoms with Crippen LogP contribution < -0.4 is 16.8 Å². The third kappa shape index (κ3) is 3.62. The SMILES string of the molecule is Cc1[nH]c(-c2ccccc2NCC2CCC(N)CC2)cc1C(N)=O. The maximum atomic E-state index is 11.5. The van der Waals surface area contributed by atoms with Crippen molar-refractivity contribution in [1.29, 1.82) is 0 Å². The Bertz CT molecular complexity index is 714. The summed E-state index contributed by atoms with van der Waals surface area (Å²) in [6.07, 6.45) is 4.60. The molecular formula is C19H26N4O. The summed E-state index contributed by atoms with van der Waals surface area (Å²) < 4.78 is 0. The number of H-pyrrole nitrogens is 1. The van der Waals surface area contributed by atoms with Crippen LogP contribution in [0.5, 0.6) is 0 Å². The van der Waals surface area contributed by atoms with Crippen LogP contribution in [0.2, 0.25) is 0 Å². The second kappa shape index (κ2) is 7.09. The molecule has 0 unspecified atom stereocenters. The van der Waals surface area contributed by atoms with E-state index in [-0.39, 0.29) is 0 Å². The number of aromatic nitrogens is 1. The van der Waals surface area contributed by atoms with Gasteiger partial charge in [-0.15, -0.1) is 0 Å². The van der Waals surface area contributed by atoms with Crippen LogP contribution in [-0.4, -0.2) is 23.5 Å². The van der Waals surface area contributed by atoms with E-state index in [1.54, 1.807) is 0 Å². The van der Waals surface area contributed by atoms with Crippen molar-refractivity contribution in [1.82, 2.24) is 4.98 Å². The maximum absolute atomic E-state index is 11.5. The van der Waals surface area contributed by atoms with Gasteiger partial charge in [-0.3, -0.25) is 4.79 Å². The zero-order chi connectivity index (χ0) is 17.1. The first-order chi connectivity index (χ1) is 11.5. The first-order valence-electron chi connectivity index (χ1n) is 8.63. The number of amides is 1. The smallest absolute Gasteiger partial charge is 0.250 e. The zero-order valence-corrected chi connectivity index (χ0v) is 14.1. The fourth-order valence-corrected chi connectivity index (χ4v) is 3.48. The first-order valence-corrected chi connectivity index (χ1v) is 8.63. The summed E-state index contributed by atoms with van der Waals surface area (Å²) in [6.45, 7) is 2.82. The van der Waals surface area contributed by atoms with Gasteiger partial charge < -0.3 is 21.8 Å². The van der Waals surface area contributed by atoms with Gasteiger partial charge in [0.15, 0.2) is 0 Å². The Kier molecular flexibility index (Phi) is 4.90. The van der Waals surface area contributed by atoms with E-state index >= 15 is 0 Å². The van der Waals surface area contributed by atoms with Crippen molar-refractivity contribution < 1.29 is 4.79 Å². The lowest BCUT2D eigenvalue weighted by molar-refractivity contribution is 0.1000. The van der Waals surface area contributed by atoms with Crippen molar-refractivity contribution >= 4 is 11.6 Å². The number of rotatable bonds is 5. The average molecular weight is 326 g/mol. The Labute approximate surface area is 142 Å². The number of carbonyl (C=O) groups excluding carboxylic acids is 1. The third-order valence-electron chi connectivity index (χ3n) is 4.97. The largest absolute Gasteiger partial charge is 0.384 e. The number of hydrogen-bond donors (Lipinski definition) is 4. The first kappa shape index (κ1) is 16.6. The van der Waals surface area contributed by atoms with E-state index in [2.05, 4.69) is 22.4 Å². The molecule has 5 heteroatoms. The van der Waals surface area contributed by atoms with Crippen LogP contribution in [0.15, 0.2) is 30.3 Å². The number of aryl methyl sites for hydroxylation is 1. The van der Waals surface area contributed by atoms with Crippen LogP contribution in [0, 0.1) is 12.8 Å². The molecule has 1 aliphatic carbocycles. The minimum Gasteiger partial charge on any atom is -0.384 e. The highest BCUT2D eigenvalue weighted by Crippen LogP contribution is 2.30. The molecule has 1 fully saturated rings. The van der Waals surface area contributed by atoms with Crippen LogP contribution >= 0.6 is 0 Å². The lowest BCUT2D eigenvalue weighted by atomic mass is 9.86. The number of para-hydroxylation sites is 1. The number of nitrogens with two attached hydrogens (primary N) is 2. The van der Waals surface area contributed by atoms with E-state index in [9.17, 15) is 4.79 Å². The van der Waals surface area contributed by atoms with E-state index < -0.39 is 5.91 Å². The number of carbonyl (C=O) groups is 1. The van der Waals surface area contributed by atoms with Gasteiger partial charge in [0.25, 0.3) is 5.91 Å². The number of hydrogen-bond acceptors (Lipinski definition) is 3. The van der Waals surface area contributed by atoms with Gasteiger partial charge in [-0.25, -0.2) is 0 Å². The molecule has 5 nitrogen and oxygen atoms in total. The number of anilines is 1. The second-order valence-corrected chi connectivity index (χ2v) is 6.79. The Hall–Kier alpha value is -2.27. The van der Waals surface area contributed by atoms with Crippen LogP contribution in [0.1, 0.15) is 41.7 Å². The normalized spacial score (nSPS) is 20.8. The third-order valence-corrected chi connectivity index (χ3v) is 4.97. The van der Waals surface area contributed by atoms with Gasteiger partial charge in [0.05, 0.1) is 5.56 Å². The number of primary amides is 1. The minimum atomic E-state index is -0.404. The van der Waals surface area contributed by atoms with Crippen molar-refractivity contribution in [3.63, 3.8) is 0 Å². The summed E-state index contributed by atoms with van der Waals surface area (Å²) in [4.78, 5) is 14.8. The van der Waals surface area contributed by atoms with E-state index in [1.807, 2.05) is 25.1 Å². The lowest BCUT2D eigenvalue weighted by Crippen LogP contribution is -2.29. The van der Waals surface area contributed by atoms with E-state index in [0.29, 0.717) is 17.5 Å². The number of benzene rings is 1. The molecule has 1 heterocycles. The van der Waals surface area contributed by atoms with Gasteiger partial charge in [-0.05, 0) is 50.7 Å². The highest BCUT2D eigenvalue weighted by atomic mass is 16.1. The van der Waals surface area contributed by atoms with E-state index in [4.69, 9.17) is 11.5 Å². The Morgan fingerprint density at radius 3 is 2.62 bits per heavy atom. The predicted molar refractivity (Wildman–Crippen MR) is 97.9 cm³/mol. The van der Waals surface area contributed by atoms with Gasteiger partial charge >= 0.3 is 0 Å². The van der Waals surface area contributed by atoms with Crippen molar-refractivity contribution in [3.8, 4) is 11.3 Å². The highest BCUT2D eigenvalue weighted by Gasteiger charge is 2.19. The molecule has 0 radical (unpaired) electrons. The quantitative estimate of drug-likeness (QED) is 0.680. The summed E-state index contributed by atoms with van der Waals surface area (Å²) in [5.41, 5.74) is 15.8. The Morgan fingerprint density at radius 1 is 1.25 bits per heavy atom. The fraction of sp³-hybridized carbons (Fsp3) is 0.421. The summed E-state index contributed by atoms with van der Waals surface area (Å²) in [5, 5.41) is 3.58. The Balaban J connectivity index is 1.76. The number of nitrogens with one attached hydrogen (secondary N) is 2. The molecular weight excluding hydrogens is 300 g/mol.